The smallest absolute Gasteiger partial charge is 0.127 e. The molecule has 2 aromatic carbocycles. The van der Waals surface area contributed by atoms with E-state index in [1.807, 2.05) is 36.4 Å². The van der Waals surface area contributed by atoms with E-state index in [0.717, 1.165) is 24.5 Å². The molecule has 0 aliphatic rings. The Kier molecular flexibility index (Phi) is 5.86. The number of ether oxygens (including phenoxy) is 1. The Balaban J connectivity index is 2.06. The van der Waals surface area contributed by atoms with Crippen molar-refractivity contribution in [2.24, 2.45) is 0 Å². The molecule has 3 heteroatoms. The zero-order chi connectivity index (χ0) is 14.4. The molecular weight excluding hydrogens is 361 g/mol. The second kappa shape index (κ2) is 7.64. The summed E-state index contributed by atoms with van der Waals surface area (Å²) in [6, 6.07) is 16.8. The standard InChI is InChI=1S/C17H20INO/c1-3-17(19-4-2)13-5-9-15(10-6-13)20-16-11-7-14(18)8-12-16/h5-12,17,19H,3-4H2,1-2H3. The first-order valence-electron chi connectivity index (χ1n) is 6.99. The van der Waals surface area contributed by atoms with Crippen LogP contribution in [0.5, 0.6) is 11.5 Å². The molecule has 1 unspecified atom stereocenters. The molecule has 0 aromatic heterocycles. The second-order valence-corrected chi connectivity index (χ2v) is 5.89. The van der Waals surface area contributed by atoms with Gasteiger partial charge in [-0.1, -0.05) is 26.0 Å². The van der Waals surface area contributed by atoms with Crippen molar-refractivity contribution in [3.8, 4) is 11.5 Å². The summed E-state index contributed by atoms with van der Waals surface area (Å²) in [4.78, 5) is 0. The van der Waals surface area contributed by atoms with Crippen molar-refractivity contribution < 1.29 is 4.74 Å². The van der Waals surface area contributed by atoms with Crippen molar-refractivity contribution in [3.63, 3.8) is 0 Å². The minimum absolute atomic E-state index is 0.423. The number of halogens is 1. The van der Waals surface area contributed by atoms with Gasteiger partial charge in [-0.3, -0.25) is 0 Å². The maximum atomic E-state index is 5.84. The Morgan fingerprint density at radius 2 is 1.50 bits per heavy atom. The monoisotopic (exact) mass is 381 g/mol. The van der Waals surface area contributed by atoms with Crippen molar-refractivity contribution in [1.29, 1.82) is 0 Å². The molecule has 2 nitrogen and oxygen atoms in total. The Morgan fingerprint density at radius 3 is 2.00 bits per heavy atom. The van der Waals surface area contributed by atoms with Crippen molar-refractivity contribution >= 4 is 22.6 Å². The number of benzene rings is 2. The van der Waals surface area contributed by atoms with E-state index >= 15 is 0 Å². The maximum absolute atomic E-state index is 5.84. The Hall–Kier alpha value is -1.07. The van der Waals surface area contributed by atoms with Crippen molar-refractivity contribution in [2.75, 3.05) is 6.54 Å². The Bertz CT molecular complexity index is 522. The summed E-state index contributed by atoms with van der Waals surface area (Å²) in [7, 11) is 0. The fraction of sp³-hybridized carbons (Fsp3) is 0.294. The summed E-state index contributed by atoms with van der Waals surface area (Å²) in [6.07, 6.45) is 1.09. The lowest BCUT2D eigenvalue weighted by molar-refractivity contribution is 0.481. The molecule has 0 saturated heterocycles. The van der Waals surface area contributed by atoms with Crippen molar-refractivity contribution in [2.45, 2.75) is 26.3 Å². The molecule has 0 amide bonds. The quantitative estimate of drug-likeness (QED) is 0.700. The van der Waals surface area contributed by atoms with Gasteiger partial charge in [-0.15, -0.1) is 0 Å². The van der Waals surface area contributed by atoms with Gasteiger partial charge in [0.15, 0.2) is 0 Å². The first-order chi connectivity index (χ1) is 9.72. The summed E-state index contributed by atoms with van der Waals surface area (Å²) >= 11 is 2.29. The average molecular weight is 381 g/mol. The predicted octanol–water partition coefficient (Wildman–Crippen LogP) is 5.14. The summed E-state index contributed by atoms with van der Waals surface area (Å²) in [5.41, 5.74) is 1.31. The molecule has 2 rings (SSSR count). The van der Waals surface area contributed by atoms with Crippen LogP contribution in [0.1, 0.15) is 31.9 Å². The largest absolute Gasteiger partial charge is 0.457 e. The first kappa shape index (κ1) is 15.3. The highest BCUT2D eigenvalue weighted by atomic mass is 127. The number of nitrogens with one attached hydrogen (secondary N) is 1. The molecule has 0 bridgehead atoms. The van der Waals surface area contributed by atoms with Gasteiger partial charge >= 0.3 is 0 Å². The molecule has 0 fully saturated rings. The maximum Gasteiger partial charge on any atom is 0.127 e. The van der Waals surface area contributed by atoms with Crippen molar-refractivity contribution in [3.05, 3.63) is 57.7 Å². The lowest BCUT2D eigenvalue weighted by atomic mass is 10.0. The number of rotatable bonds is 6. The topological polar surface area (TPSA) is 21.3 Å². The van der Waals surface area contributed by atoms with Gasteiger partial charge in [-0.2, -0.15) is 0 Å². The zero-order valence-corrected chi connectivity index (χ0v) is 14.1. The molecule has 0 aliphatic carbocycles. The average Bonchev–Trinajstić information content (AvgIpc) is 2.48. The van der Waals surface area contributed by atoms with Crippen LogP contribution in [0.4, 0.5) is 0 Å². The highest BCUT2D eigenvalue weighted by Crippen LogP contribution is 2.25. The summed E-state index contributed by atoms with van der Waals surface area (Å²) in [6.45, 7) is 5.32. The first-order valence-corrected chi connectivity index (χ1v) is 8.07. The van der Waals surface area contributed by atoms with Gasteiger partial charge in [0.1, 0.15) is 11.5 Å². The number of hydrogen-bond acceptors (Lipinski definition) is 2. The molecule has 2 aromatic rings. The van der Waals surface area contributed by atoms with Crippen LogP contribution in [0.3, 0.4) is 0 Å². The SMILES string of the molecule is CCNC(CC)c1ccc(Oc2ccc(I)cc2)cc1. The lowest BCUT2D eigenvalue weighted by Crippen LogP contribution is -2.19. The Labute approximate surface area is 134 Å². The molecule has 20 heavy (non-hydrogen) atoms. The molecule has 0 saturated carbocycles. The van der Waals surface area contributed by atoms with Crippen molar-refractivity contribution in [1.82, 2.24) is 5.32 Å². The van der Waals surface area contributed by atoms with Gasteiger partial charge in [0.25, 0.3) is 0 Å². The van der Waals surface area contributed by atoms with Gasteiger partial charge in [0.2, 0.25) is 0 Å². The zero-order valence-electron chi connectivity index (χ0n) is 11.9. The van der Waals surface area contributed by atoms with Crippen LogP contribution in [0.2, 0.25) is 0 Å². The number of hydrogen-bond donors (Lipinski definition) is 1. The van der Waals surface area contributed by atoms with Crippen LogP contribution in [0.15, 0.2) is 48.5 Å². The van der Waals surface area contributed by atoms with E-state index in [-0.39, 0.29) is 0 Å². The molecule has 1 N–H and O–H groups in total. The second-order valence-electron chi connectivity index (χ2n) is 4.64. The minimum Gasteiger partial charge on any atom is -0.457 e. The predicted molar refractivity (Wildman–Crippen MR) is 92.4 cm³/mol. The molecule has 0 radical (unpaired) electrons. The van der Waals surface area contributed by atoms with E-state index in [4.69, 9.17) is 4.74 Å². The third-order valence-corrected chi connectivity index (χ3v) is 3.91. The van der Waals surface area contributed by atoms with E-state index in [0.29, 0.717) is 6.04 Å². The van der Waals surface area contributed by atoms with Gasteiger partial charge in [0.05, 0.1) is 0 Å². The Morgan fingerprint density at radius 1 is 0.950 bits per heavy atom. The highest BCUT2D eigenvalue weighted by molar-refractivity contribution is 14.1. The summed E-state index contributed by atoms with van der Waals surface area (Å²) < 4.78 is 7.05. The van der Waals surface area contributed by atoms with Gasteiger partial charge in [-0.05, 0) is 77.5 Å². The normalized spacial score (nSPS) is 12.2. The summed E-state index contributed by atoms with van der Waals surface area (Å²) in [5, 5.41) is 3.48. The van der Waals surface area contributed by atoms with Gasteiger partial charge < -0.3 is 10.1 Å². The van der Waals surface area contributed by atoms with Gasteiger partial charge in [0, 0.05) is 9.61 Å². The highest BCUT2D eigenvalue weighted by Gasteiger charge is 2.07. The third kappa shape index (κ3) is 4.21. The molecule has 1 atom stereocenters. The minimum atomic E-state index is 0.423. The van der Waals surface area contributed by atoms with E-state index in [1.54, 1.807) is 0 Å². The van der Waals surface area contributed by atoms with E-state index < -0.39 is 0 Å². The molecule has 0 spiro atoms. The van der Waals surface area contributed by atoms with Crippen LogP contribution in [-0.2, 0) is 0 Å². The van der Waals surface area contributed by atoms with Crippen LogP contribution in [-0.4, -0.2) is 6.54 Å². The van der Waals surface area contributed by atoms with Gasteiger partial charge in [-0.25, -0.2) is 0 Å². The fourth-order valence-electron chi connectivity index (χ4n) is 2.15. The molecule has 0 heterocycles. The molecule has 0 aliphatic heterocycles. The molecule has 106 valence electrons. The summed E-state index contributed by atoms with van der Waals surface area (Å²) in [5.74, 6) is 1.75. The third-order valence-electron chi connectivity index (χ3n) is 3.19. The molecular formula is C17H20INO. The van der Waals surface area contributed by atoms with E-state index in [9.17, 15) is 0 Å². The fourth-order valence-corrected chi connectivity index (χ4v) is 2.51. The van der Waals surface area contributed by atoms with Crippen LogP contribution >= 0.6 is 22.6 Å². The van der Waals surface area contributed by atoms with E-state index in [2.05, 4.69) is 53.9 Å². The van der Waals surface area contributed by atoms with Crippen LogP contribution in [0, 0.1) is 3.57 Å². The lowest BCUT2D eigenvalue weighted by Gasteiger charge is -2.16. The van der Waals surface area contributed by atoms with Crippen LogP contribution in [0.25, 0.3) is 0 Å². The van der Waals surface area contributed by atoms with Crippen LogP contribution < -0.4 is 10.1 Å². The van der Waals surface area contributed by atoms with E-state index in [1.165, 1.54) is 9.13 Å².